The fraction of sp³-hybridized carbons (Fsp3) is 0.105. The summed E-state index contributed by atoms with van der Waals surface area (Å²) in [6.07, 6.45) is 5.19. The molecular weight excluding hydrogens is 310 g/mol. The average Bonchev–Trinajstić information content (AvgIpc) is 2.55. The Kier molecular flexibility index (Phi) is 4.49. The summed E-state index contributed by atoms with van der Waals surface area (Å²) in [6, 6.07) is 15.0. The highest BCUT2D eigenvalue weighted by Crippen LogP contribution is 2.29. The van der Waals surface area contributed by atoms with Crippen LogP contribution in [-0.4, -0.2) is 12.0 Å². The lowest BCUT2D eigenvalue weighted by atomic mass is 10.0. The maximum absolute atomic E-state index is 12.0. The molecule has 1 heterocycles. The summed E-state index contributed by atoms with van der Waals surface area (Å²) < 4.78 is 5.84. The summed E-state index contributed by atoms with van der Waals surface area (Å²) in [7, 11) is 0. The van der Waals surface area contributed by atoms with E-state index in [1.54, 1.807) is 18.2 Å². The van der Waals surface area contributed by atoms with E-state index in [-0.39, 0.29) is 12.0 Å². The van der Waals surface area contributed by atoms with E-state index < -0.39 is 0 Å². The zero-order chi connectivity index (χ0) is 16.2. The Labute approximate surface area is 140 Å². The van der Waals surface area contributed by atoms with Gasteiger partial charge in [-0.25, -0.2) is 0 Å². The first-order valence-corrected chi connectivity index (χ1v) is 7.72. The monoisotopic (exact) mass is 325 g/mol. The van der Waals surface area contributed by atoms with Gasteiger partial charge in [-0.1, -0.05) is 41.9 Å². The lowest BCUT2D eigenvalue weighted by Crippen LogP contribution is -2.18. The maximum atomic E-state index is 12.0. The molecule has 1 N–H and O–H groups in total. The standard InChI is InChI=1S/C19H16ClNO2/c1-13-14(12-15-6-2-5-9-18(15)23-13)10-11-19(22)21-17-8-4-3-7-16(17)20/h2-13H,1H3,(H,21,22)/b11-10+. The Bertz CT molecular complexity index is 795. The summed E-state index contributed by atoms with van der Waals surface area (Å²) in [5, 5.41) is 3.27. The molecule has 0 aromatic heterocycles. The van der Waals surface area contributed by atoms with Gasteiger partial charge in [0.25, 0.3) is 0 Å². The molecule has 0 radical (unpaired) electrons. The van der Waals surface area contributed by atoms with Gasteiger partial charge in [-0.05, 0) is 42.8 Å². The summed E-state index contributed by atoms with van der Waals surface area (Å²) in [5.41, 5.74) is 2.55. The third kappa shape index (κ3) is 3.63. The molecule has 3 nitrogen and oxygen atoms in total. The van der Waals surface area contributed by atoms with Crippen molar-refractivity contribution < 1.29 is 9.53 Å². The first-order valence-electron chi connectivity index (χ1n) is 7.34. The minimum atomic E-state index is -0.231. The summed E-state index contributed by atoms with van der Waals surface area (Å²) in [6.45, 7) is 1.96. The number of anilines is 1. The molecule has 23 heavy (non-hydrogen) atoms. The number of para-hydroxylation sites is 2. The van der Waals surface area contributed by atoms with Gasteiger partial charge in [0.2, 0.25) is 5.91 Å². The third-order valence-electron chi connectivity index (χ3n) is 3.57. The van der Waals surface area contributed by atoms with Crippen LogP contribution < -0.4 is 10.1 Å². The van der Waals surface area contributed by atoms with Gasteiger partial charge in [-0.3, -0.25) is 4.79 Å². The smallest absolute Gasteiger partial charge is 0.248 e. The van der Waals surface area contributed by atoms with Gasteiger partial charge in [-0.2, -0.15) is 0 Å². The third-order valence-corrected chi connectivity index (χ3v) is 3.90. The maximum Gasteiger partial charge on any atom is 0.248 e. The number of hydrogen-bond donors (Lipinski definition) is 1. The van der Waals surface area contributed by atoms with E-state index in [1.165, 1.54) is 6.08 Å². The van der Waals surface area contributed by atoms with Gasteiger partial charge in [-0.15, -0.1) is 0 Å². The van der Waals surface area contributed by atoms with E-state index in [9.17, 15) is 4.79 Å². The van der Waals surface area contributed by atoms with Crippen molar-refractivity contribution in [3.8, 4) is 5.75 Å². The van der Waals surface area contributed by atoms with Crippen molar-refractivity contribution in [2.75, 3.05) is 5.32 Å². The van der Waals surface area contributed by atoms with Crippen LogP contribution in [0.4, 0.5) is 5.69 Å². The summed E-state index contributed by atoms with van der Waals surface area (Å²) in [5.74, 6) is 0.628. The normalized spacial score (nSPS) is 16.4. The number of carbonyl (C=O) groups excluding carboxylic acids is 1. The molecule has 0 aliphatic carbocycles. The molecule has 1 unspecified atom stereocenters. The van der Waals surface area contributed by atoms with Crippen molar-refractivity contribution in [1.82, 2.24) is 0 Å². The summed E-state index contributed by atoms with van der Waals surface area (Å²) >= 11 is 6.03. The molecule has 0 bridgehead atoms. The van der Waals surface area contributed by atoms with Crippen LogP contribution in [0.3, 0.4) is 0 Å². The van der Waals surface area contributed by atoms with Gasteiger partial charge in [0.1, 0.15) is 11.9 Å². The first-order chi connectivity index (χ1) is 11.1. The van der Waals surface area contributed by atoms with Crippen LogP contribution in [0.15, 0.2) is 66.3 Å². The molecule has 1 aliphatic heterocycles. The Morgan fingerprint density at radius 1 is 1.17 bits per heavy atom. The van der Waals surface area contributed by atoms with Crippen LogP contribution in [0.5, 0.6) is 5.75 Å². The predicted molar refractivity (Wildman–Crippen MR) is 93.7 cm³/mol. The van der Waals surface area contributed by atoms with Crippen LogP contribution in [-0.2, 0) is 4.79 Å². The van der Waals surface area contributed by atoms with E-state index in [2.05, 4.69) is 5.32 Å². The molecule has 1 amide bonds. The lowest BCUT2D eigenvalue weighted by molar-refractivity contribution is -0.111. The largest absolute Gasteiger partial charge is 0.485 e. The van der Waals surface area contributed by atoms with E-state index in [1.807, 2.05) is 49.4 Å². The van der Waals surface area contributed by atoms with E-state index in [0.717, 1.165) is 16.9 Å². The highest BCUT2D eigenvalue weighted by Gasteiger charge is 2.16. The highest BCUT2D eigenvalue weighted by atomic mass is 35.5. The van der Waals surface area contributed by atoms with Gasteiger partial charge < -0.3 is 10.1 Å². The number of nitrogens with one attached hydrogen (secondary N) is 1. The second-order valence-electron chi connectivity index (χ2n) is 5.24. The molecular formula is C19H16ClNO2. The molecule has 0 fully saturated rings. The quantitative estimate of drug-likeness (QED) is 0.831. The Hall–Kier alpha value is -2.52. The second kappa shape index (κ2) is 6.71. The van der Waals surface area contributed by atoms with Crippen LogP contribution in [0.2, 0.25) is 5.02 Å². The van der Waals surface area contributed by atoms with Gasteiger partial charge >= 0.3 is 0 Å². The minimum Gasteiger partial charge on any atom is -0.485 e. The Balaban J connectivity index is 1.74. The number of rotatable bonds is 3. The van der Waals surface area contributed by atoms with Crippen molar-refractivity contribution in [1.29, 1.82) is 0 Å². The zero-order valence-corrected chi connectivity index (χ0v) is 13.4. The molecule has 3 rings (SSSR count). The number of amides is 1. The van der Waals surface area contributed by atoms with Crippen LogP contribution in [0, 0.1) is 0 Å². The van der Waals surface area contributed by atoms with Crippen molar-refractivity contribution >= 4 is 29.3 Å². The topological polar surface area (TPSA) is 38.3 Å². The van der Waals surface area contributed by atoms with Crippen molar-refractivity contribution in [2.24, 2.45) is 0 Å². The van der Waals surface area contributed by atoms with Crippen molar-refractivity contribution in [2.45, 2.75) is 13.0 Å². The molecule has 116 valence electrons. The minimum absolute atomic E-state index is 0.103. The second-order valence-corrected chi connectivity index (χ2v) is 5.65. The van der Waals surface area contributed by atoms with Gasteiger partial charge in [0.05, 0.1) is 10.7 Å². The molecule has 0 saturated heterocycles. The molecule has 1 atom stereocenters. The van der Waals surface area contributed by atoms with E-state index >= 15 is 0 Å². The fourth-order valence-electron chi connectivity index (χ4n) is 2.36. The number of fused-ring (bicyclic) bond motifs is 1. The van der Waals surface area contributed by atoms with Gasteiger partial charge in [0, 0.05) is 11.6 Å². The van der Waals surface area contributed by atoms with E-state index in [0.29, 0.717) is 10.7 Å². The molecule has 4 heteroatoms. The highest BCUT2D eigenvalue weighted by molar-refractivity contribution is 6.33. The number of hydrogen-bond acceptors (Lipinski definition) is 2. The molecule has 2 aromatic rings. The van der Waals surface area contributed by atoms with Crippen molar-refractivity contribution in [3.63, 3.8) is 0 Å². The van der Waals surface area contributed by atoms with Crippen LogP contribution >= 0.6 is 11.6 Å². The molecule has 1 aliphatic rings. The Morgan fingerprint density at radius 2 is 1.91 bits per heavy atom. The SMILES string of the molecule is CC1Oc2ccccc2C=C1/C=C/C(=O)Nc1ccccc1Cl. The fourth-order valence-corrected chi connectivity index (χ4v) is 2.54. The van der Waals surface area contributed by atoms with E-state index in [4.69, 9.17) is 16.3 Å². The summed E-state index contributed by atoms with van der Waals surface area (Å²) in [4.78, 5) is 12.0. The molecule has 0 spiro atoms. The number of benzene rings is 2. The number of halogens is 1. The molecule has 0 saturated carbocycles. The average molecular weight is 326 g/mol. The molecule has 2 aromatic carbocycles. The number of ether oxygens (including phenoxy) is 1. The van der Waals surface area contributed by atoms with Crippen LogP contribution in [0.1, 0.15) is 12.5 Å². The first kappa shape index (κ1) is 15.4. The van der Waals surface area contributed by atoms with Crippen molar-refractivity contribution in [3.05, 3.63) is 76.8 Å². The lowest BCUT2D eigenvalue weighted by Gasteiger charge is -2.22. The number of carbonyl (C=O) groups is 1. The zero-order valence-electron chi connectivity index (χ0n) is 12.6. The Morgan fingerprint density at radius 3 is 2.74 bits per heavy atom. The predicted octanol–water partition coefficient (Wildman–Crippen LogP) is 4.70. The van der Waals surface area contributed by atoms with Gasteiger partial charge in [0.15, 0.2) is 0 Å². The van der Waals surface area contributed by atoms with Crippen LogP contribution in [0.25, 0.3) is 6.08 Å².